The maximum absolute atomic E-state index is 12.8. The summed E-state index contributed by atoms with van der Waals surface area (Å²) in [5.41, 5.74) is 0. The summed E-state index contributed by atoms with van der Waals surface area (Å²) >= 11 is 0. The van der Waals surface area contributed by atoms with Crippen LogP contribution in [0.1, 0.15) is 25.7 Å². The van der Waals surface area contributed by atoms with Gasteiger partial charge in [-0.05, 0) is 79.6 Å². The van der Waals surface area contributed by atoms with Crippen LogP contribution in [-0.4, -0.2) is 35.9 Å². The van der Waals surface area contributed by atoms with E-state index in [2.05, 4.69) is 53.3 Å². The molecule has 2 fully saturated rings. The highest BCUT2D eigenvalue weighted by Gasteiger charge is 2.46. The van der Waals surface area contributed by atoms with E-state index in [0.29, 0.717) is 18.1 Å². The van der Waals surface area contributed by atoms with E-state index >= 15 is 0 Å². The van der Waals surface area contributed by atoms with Crippen molar-refractivity contribution in [3.63, 3.8) is 0 Å². The number of ether oxygens (including phenoxy) is 1. The molecule has 2 aliphatic carbocycles. The first-order valence-electron chi connectivity index (χ1n) is 12.2. The average Bonchev–Trinajstić information content (AvgIpc) is 3.54. The third-order valence-corrected chi connectivity index (χ3v) is 9.90. The molecule has 0 spiro atoms. The summed E-state index contributed by atoms with van der Waals surface area (Å²) in [6.07, 6.45) is 3.43. The van der Waals surface area contributed by atoms with Crippen molar-refractivity contribution in [3.05, 3.63) is 84.9 Å². The topological polar surface area (TPSA) is 104 Å². The van der Waals surface area contributed by atoms with Crippen molar-refractivity contribution in [2.45, 2.75) is 45.6 Å². The van der Waals surface area contributed by atoms with Crippen LogP contribution in [0.25, 0.3) is 0 Å². The molecule has 3 atom stereocenters. The van der Waals surface area contributed by atoms with Crippen LogP contribution in [0.5, 0.6) is 5.75 Å². The summed E-state index contributed by atoms with van der Waals surface area (Å²) < 4.78 is 60.5. The maximum Gasteiger partial charge on any atom is 0.367 e. The van der Waals surface area contributed by atoms with Crippen LogP contribution in [-0.2, 0) is 30.5 Å². The van der Waals surface area contributed by atoms with Gasteiger partial charge in [0.05, 0.1) is 16.8 Å². The predicted octanol–water partition coefficient (Wildman–Crippen LogP) is 5.59. The molecule has 10 heteroatoms. The zero-order valence-corrected chi connectivity index (χ0v) is 22.0. The Morgan fingerprint density at radius 1 is 0.895 bits per heavy atom. The molecule has 3 aromatic rings. The predicted molar refractivity (Wildman–Crippen MR) is 138 cm³/mol. The molecule has 5 rings (SSSR count). The van der Waals surface area contributed by atoms with Gasteiger partial charge in [0.1, 0.15) is 5.75 Å². The van der Waals surface area contributed by atoms with Crippen molar-refractivity contribution in [3.8, 4) is 5.75 Å². The lowest BCUT2D eigenvalue weighted by molar-refractivity contribution is -0.156. The van der Waals surface area contributed by atoms with E-state index in [4.69, 9.17) is 0 Å². The second kappa shape index (κ2) is 11.8. The second-order valence-electron chi connectivity index (χ2n) is 9.41. The zero-order valence-electron chi connectivity index (χ0n) is 20.4. The van der Waals surface area contributed by atoms with Crippen LogP contribution in [0.2, 0.25) is 0 Å². The molecule has 0 aliphatic heterocycles. The molecule has 2 aliphatic rings. The van der Waals surface area contributed by atoms with Crippen LogP contribution in [0.3, 0.4) is 0 Å². The number of carbonyl (C=O) groups excluding carboxylic acids is 1. The van der Waals surface area contributed by atoms with Gasteiger partial charge in [0.15, 0.2) is 31.4 Å². The van der Waals surface area contributed by atoms with E-state index in [1.165, 1.54) is 14.7 Å². The van der Waals surface area contributed by atoms with Gasteiger partial charge in [0.2, 0.25) is 0 Å². The number of hydrogen-bond acceptors (Lipinski definition) is 6. The lowest BCUT2D eigenvalue weighted by Crippen LogP contribution is -2.36. The molecule has 6 nitrogen and oxygen atoms in total. The fourth-order valence-corrected chi connectivity index (χ4v) is 7.26. The number of halogens is 2. The highest BCUT2D eigenvalue weighted by Crippen LogP contribution is 2.48. The Hall–Kier alpha value is -2.95. The number of phenols is 1. The smallest absolute Gasteiger partial charge is 0.367 e. The number of rotatable bonds is 7. The quantitative estimate of drug-likeness (QED) is 0.229. The van der Waals surface area contributed by atoms with Crippen molar-refractivity contribution in [1.29, 1.82) is 0 Å². The van der Waals surface area contributed by atoms with Crippen LogP contribution in [0.15, 0.2) is 99.6 Å². The summed E-state index contributed by atoms with van der Waals surface area (Å²) in [6, 6.07) is 28.5. The summed E-state index contributed by atoms with van der Waals surface area (Å²) in [5, 5.41) is 4.93. The lowest BCUT2D eigenvalue weighted by Gasteiger charge is -2.23. The minimum atomic E-state index is -5.79. The van der Waals surface area contributed by atoms with Gasteiger partial charge in [-0.3, -0.25) is 4.79 Å². The SMILES string of the molecule is O=C(OCC(F)(F)S(=O)(=O)[O-])C1CC2CCC1C2.Oc1ccc([S+](c2ccccc2)c2ccccc2)cc1. The van der Waals surface area contributed by atoms with Crippen molar-refractivity contribution in [1.82, 2.24) is 0 Å². The van der Waals surface area contributed by atoms with Gasteiger partial charge in [-0.25, -0.2) is 8.42 Å². The Bertz CT molecular complexity index is 1280. The molecule has 0 saturated heterocycles. The van der Waals surface area contributed by atoms with Gasteiger partial charge in [-0.15, -0.1) is 0 Å². The average molecular weight is 563 g/mol. The fraction of sp³-hybridized carbons (Fsp3) is 0.321. The minimum absolute atomic E-state index is 0.134. The zero-order chi connectivity index (χ0) is 27.3. The number of esters is 1. The van der Waals surface area contributed by atoms with Crippen molar-refractivity contribution < 1.29 is 36.4 Å². The van der Waals surface area contributed by atoms with Crippen LogP contribution in [0, 0.1) is 17.8 Å². The maximum atomic E-state index is 12.8. The first-order valence-corrected chi connectivity index (χ1v) is 14.8. The highest BCUT2D eigenvalue weighted by atomic mass is 32.2. The van der Waals surface area contributed by atoms with E-state index in [-0.39, 0.29) is 16.8 Å². The number of carbonyl (C=O) groups is 1. The molecule has 2 saturated carbocycles. The Morgan fingerprint density at radius 3 is 1.87 bits per heavy atom. The first-order chi connectivity index (χ1) is 18.0. The standard InChI is InChI=1S/C18H14OS.C10H14F2O5S/c19-15-11-13-18(14-12-15)20(16-7-3-1-4-8-16)17-9-5-2-6-10-17;11-10(12,18(14,15)16)5-17-9(13)8-4-6-1-2-7(8)3-6/h1-14H;6-8H,1-5H2,(H,14,15,16). The number of phenolic OH excluding ortho intramolecular Hbond substituents is 1. The largest absolute Gasteiger partial charge is 0.743 e. The highest BCUT2D eigenvalue weighted by molar-refractivity contribution is 7.97. The van der Waals surface area contributed by atoms with Gasteiger partial charge in [-0.1, -0.05) is 42.8 Å². The van der Waals surface area contributed by atoms with Gasteiger partial charge in [0.25, 0.3) is 0 Å². The number of hydrogen-bond donors (Lipinski definition) is 1. The van der Waals surface area contributed by atoms with Crippen molar-refractivity contribution >= 4 is 27.0 Å². The molecule has 1 N–H and O–H groups in total. The number of aromatic hydroxyl groups is 1. The number of benzene rings is 3. The third kappa shape index (κ3) is 6.73. The first kappa shape index (κ1) is 28.1. The van der Waals surface area contributed by atoms with Crippen LogP contribution < -0.4 is 0 Å². The van der Waals surface area contributed by atoms with Crippen molar-refractivity contribution in [2.24, 2.45) is 17.8 Å². The van der Waals surface area contributed by atoms with E-state index in [1.54, 1.807) is 12.1 Å². The summed E-state index contributed by atoms with van der Waals surface area (Å²) in [4.78, 5) is 15.3. The Labute approximate surface area is 223 Å². The lowest BCUT2D eigenvalue weighted by atomic mass is 9.89. The molecule has 38 heavy (non-hydrogen) atoms. The number of fused-ring (bicyclic) bond motifs is 2. The molecular weight excluding hydrogens is 534 g/mol. The molecular formula is C28H28F2O6S2. The van der Waals surface area contributed by atoms with Crippen LogP contribution >= 0.6 is 0 Å². The molecule has 2 bridgehead atoms. The summed E-state index contributed by atoms with van der Waals surface area (Å²) in [5.74, 6) is -0.339. The van der Waals surface area contributed by atoms with Gasteiger partial charge in [0, 0.05) is 0 Å². The Balaban J connectivity index is 0.000000178. The number of alkyl halides is 2. The monoisotopic (exact) mass is 562 g/mol. The van der Waals surface area contributed by atoms with E-state index in [0.717, 1.165) is 19.3 Å². The molecule has 0 amide bonds. The molecule has 202 valence electrons. The van der Waals surface area contributed by atoms with E-state index < -0.39 is 33.9 Å². The Kier molecular flexibility index (Phi) is 8.74. The van der Waals surface area contributed by atoms with Crippen molar-refractivity contribution in [2.75, 3.05) is 6.61 Å². The molecule has 3 unspecified atom stereocenters. The molecule has 0 radical (unpaired) electrons. The molecule has 3 aromatic carbocycles. The summed E-state index contributed by atoms with van der Waals surface area (Å²) in [7, 11) is -5.93. The van der Waals surface area contributed by atoms with E-state index in [9.17, 15) is 31.7 Å². The Morgan fingerprint density at radius 2 is 1.42 bits per heavy atom. The van der Waals surface area contributed by atoms with Gasteiger partial charge < -0.3 is 14.4 Å². The molecule has 0 aromatic heterocycles. The van der Waals surface area contributed by atoms with E-state index in [1.807, 2.05) is 24.3 Å². The van der Waals surface area contributed by atoms with Crippen LogP contribution in [0.4, 0.5) is 8.78 Å². The van der Waals surface area contributed by atoms with Gasteiger partial charge in [-0.2, -0.15) is 8.78 Å². The van der Waals surface area contributed by atoms with Gasteiger partial charge >= 0.3 is 11.2 Å². The fourth-order valence-electron chi connectivity index (χ4n) is 4.97. The molecule has 0 heterocycles. The summed E-state index contributed by atoms with van der Waals surface area (Å²) in [6.45, 7) is -1.69. The third-order valence-electron chi connectivity index (χ3n) is 6.82. The normalized spacial score (nSPS) is 20.6. The second-order valence-corrected chi connectivity index (χ2v) is 12.9. The minimum Gasteiger partial charge on any atom is -0.743 e.